The Hall–Kier alpha value is -3.06. The Kier molecular flexibility index (Phi) is 6.95. The Bertz CT molecular complexity index is 870. The number of hydrogen-bond donors (Lipinski definition) is 1. The molecule has 0 atom stereocenters. The largest absolute Gasteiger partial charge is 0.497 e. The van der Waals surface area contributed by atoms with E-state index in [1.165, 1.54) is 0 Å². The lowest BCUT2D eigenvalue weighted by atomic mass is 9.98. The fraction of sp³-hybridized carbons (Fsp3) is 0.440. The second-order valence-corrected chi connectivity index (χ2v) is 8.42. The van der Waals surface area contributed by atoms with E-state index in [1.807, 2.05) is 53.4 Å². The van der Waals surface area contributed by atoms with Crippen LogP contribution in [0.1, 0.15) is 30.0 Å². The minimum atomic E-state index is -0.281. The van der Waals surface area contributed by atoms with Gasteiger partial charge < -0.3 is 19.7 Å². The van der Waals surface area contributed by atoms with E-state index in [9.17, 15) is 9.59 Å². The van der Waals surface area contributed by atoms with E-state index >= 15 is 0 Å². The van der Waals surface area contributed by atoms with E-state index < -0.39 is 0 Å². The van der Waals surface area contributed by atoms with Crippen LogP contribution in [0, 0.1) is 5.92 Å². The third-order valence-corrected chi connectivity index (χ3v) is 6.18. The summed E-state index contributed by atoms with van der Waals surface area (Å²) in [4.78, 5) is 29.3. The summed E-state index contributed by atoms with van der Waals surface area (Å²) in [6.45, 7) is 3.16. The Morgan fingerprint density at radius 1 is 0.875 bits per heavy atom. The smallest absolute Gasteiger partial charge is 0.234 e. The normalized spacial score (nSPS) is 16.7. The second-order valence-electron chi connectivity index (χ2n) is 8.42. The number of amides is 2. The molecule has 0 unspecified atom stereocenters. The maximum Gasteiger partial charge on any atom is 0.234 e. The van der Waals surface area contributed by atoms with Gasteiger partial charge in [0.15, 0.2) is 0 Å². The van der Waals surface area contributed by atoms with Crippen LogP contribution in [0.5, 0.6) is 11.5 Å². The highest BCUT2D eigenvalue weighted by atomic mass is 16.5. The predicted octanol–water partition coefficient (Wildman–Crippen LogP) is 2.46. The summed E-state index contributed by atoms with van der Waals surface area (Å²) >= 11 is 0. The van der Waals surface area contributed by atoms with Gasteiger partial charge in [0.1, 0.15) is 11.5 Å². The van der Waals surface area contributed by atoms with Crippen molar-refractivity contribution in [2.24, 2.45) is 5.92 Å². The summed E-state index contributed by atoms with van der Waals surface area (Å²) in [5.74, 6) is 2.04. The van der Waals surface area contributed by atoms with Crippen LogP contribution in [0.25, 0.3) is 0 Å². The molecule has 1 aliphatic heterocycles. The highest BCUT2D eigenvalue weighted by Crippen LogP contribution is 2.31. The first-order valence-corrected chi connectivity index (χ1v) is 11.2. The number of nitrogens with zero attached hydrogens (tertiary/aromatic N) is 2. The minimum Gasteiger partial charge on any atom is -0.497 e. The van der Waals surface area contributed by atoms with Gasteiger partial charge in [-0.15, -0.1) is 0 Å². The number of methoxy groups -OCH3 is 2. The molecule has 7 heteroatoms. The quantitative estimate of drug-likeness (QED) is 0.687. The fourth-order valence-corrected chi connectivity index (χ4v) is 4.08. The topological polar surface area (TPSA) is 71.1 Å². The summed E-state index contributed by atoms with van der Waals surface area (Å²) in [6, 6.07) is 15.2. The van der Waals surface area contributed by atoms with Crippen molar-refractivity contribution >= 4 is 11.8 Å². The van der Waals surface area contributed by atoms with Crippen LogP contribution in [0.15, 0.2) is 48.5 Å². The fourth-order valence-electron chi connectivity index (χ4n) is 4.08. The van der Waals surface area contributed by atoms with Crippen molar-refractivity contribution in [2.45, 2.75) is 18.9 Å². The molecule has 2 aliphatic rings. The summed E-state index contributed by atoms with van der Waals surface area (Å²) < 4.78 is 10.5. The number of piperazine rings is 1. The Labute approximate surface area is 189 Å². The number of benzene rings is 2. The van der Waals surface area contributed by atoms with Crippen molar-refractivity contribution in [1.29, 1.82) is 0 Å². The highest BCUT2D eigenvalue weighted by Gasteiger charge is 2.34. The molecule has 1 N–H and O–H groups in total. The van der Waals surface area contributed by atoms with Crippen LogP contribution in [0.2, 0.25) is 0 Å². The number of nitrogens with one attached hydrogen (secondary N) is 1. The van der Waals surface area contributed by atoms with E-state index in [2.05, 4.69) is 10.2 Å². The zero-order valence-electron chi connectivity index (χ0n) is 18.8. The van der Waals surface area contributed by atoms with Gasteiger partial charge in [-0.25, -0.2) is 0 Å². The van der Waals surface area contributed by atoms with Gasteiger partial charge in [-0.3, -0.25) is 14.5 Å². The molecule has 0 aromatic heterocycles. The van der Waals surface area contributed by atoms with E-state index in [-0.39, 0.29) is 23.8 Å². The molecule has 2 aromatic rings. The third-order valence-electron chi connectivity index (χ3n) is 6.18. The summed E-state index contributed by atoms with van der Waals surface area (Å²) in [7, 11) is 3.27. The van der Waals surface area contributed by atoms with Gasteiger partial charge in [0.2, 0.25) is 11.8 Å². The average Bonchev–Trinajstić information content (AvgIpc) is 3.68. The maximum atomic E-state index is 13.0. The SMILES string of the molecule is COc1ccc(C(NC(=O)CN2CCN(C(=O)C3CC3)CC2)c2ccc(OC)cc2)cc1. The monoisotopic (exact) mass is 437 g/mol. The van der Waals surface area contributed by atoms with E-state index in [0.29, 0.717) is 19.6 Å². The molecule has 2 aromatic carbocycles. The first kappa shape index (κ1) is 22.1. The molecule has 170 valence electrons. The van der Waals surface area contributed by atoms with Crippen molar-refractivity contribution < 1.29 is 19.1 Å². The second kappa shape index (κ2) is 10.0. The van der Waals surface area contributed by atoms with Gasteiger partial charge in [0, 0.05) is 32.1 Å². The van der Waals surface area contributed by atoms with Crippen molar-refractivity contribution in [2.75, 3.05) is 46.9 Å². The molecule has 32 heavy (non-hydrogen) atoms. The molecule has 7 nitrogen and oxygen atoms in total. The Balaban J connectivity index is 1.40. The molecule has 2 amide bonds. The van der Waals surface area contributed by atoms with Crippen LogP contribution in [0.3, 0.4) is 0 Å². The zero-order chi connectivity index (χ0) is 22.5. The maximum absolute atomic E-state index is 13.0. The van der Waals surface area contributed by atoms with Crippen molar-refractivity contribution in [3.63, 3.8) is 0 Å². The van der Waals surface area contributed by atoms with Crippen molar-refractivity contribution in [1.82, 2.24) is 15.1 Å². The highest BCUT2D eigenvalue weighted by molar-refractivity contribution is 5.81. The molecule has 0 bridgehead atoms. The van der Waals surface area contributed by atoms with E-state index in [0.717, 1.165) is 48.6 Å². The minimum absolute atomic E-state index is 0.0383. The van der Waals surface area contributed by atoms with Crippen molar-refractivity contribution in [3.8, 4) is 11.5 Å². The molecule has 1 saturated carbocycles. The van der Waals surface area contributed by atoms with Crippen LogP contribution in [0.4, 0.5) is 0 Å². The number of carbonyl (C=O) groups is 2. The Morgan fingerprint density at radius 3 is 1.81 bits per heavy atom. The average molecular weight is 438 g/mol. The number of rotatable bonds is 8. The van der Waals surface area contributed by atoms with E-state index in [1.54, 1.807) is 14.2 Å². The van der Waals surface area contributed by atoms with Crippen molar-refractivity contribution in [3.05, 3.63) is 59.7 Å². The van der Waals surface area contributed by atoms with Gasteiger partial charge in [0.25, 0.3) is 0 Å². The van der Waals surface area contributed by atoms with Gasteiger partial charge in [-0.1, -0.05) is 24.3 Å². The lowest BCUT2D eigenvalue weighted by Gasteiger charge is -2.34. The van der Waals surface area contributed by atoms with Gasteiger partial charge in [-0.05, 0) is 48.2 Å². The van der Waals surface area contributed by atoms with Gasteiger partial charge >= 0.3 is 0 Å². The lowest BCUT2D eigenvalue weighted by molar-refractivity contribution is -0.134. The lowest BCUT2D eigenvalue weighted by Crippen LogP contribution is -2.51. The van der Waals surface area contributed by atoms with Crippen LogP contribution in [-0.4, -0.2) is 68.6 Å². The molecule has 1 saturated heterocycles. The standard InChI is InChI=1S/C25H31N3O4/c1-31-21-9-5-18(6-10-21)24(19-7-11-22(32-2)12-8-19)26-23(29)17-27-13-15-28(16-14-27)25(30)20-3-4-20/h5-12,20,24H,3-4,13-17H2,1-2H3,(H,26,29). The predicted molar refractivity (Wildman–Crippen MR) is 122 cm³/mol. The van der Waals surface area contributed by atoms with Gasteiger partial charge in [-0.2, -0.15) is 0 Å². The van der Waals surface area contributed by atoms with Crippen LogP contribution < -0.4 is 14.8 Å². The molecule has 1 heterocycles. The summed E-state index contributed by atoms with van der Waals surface area (Å²) in [5, 5.41) is 3.19. The molecule has 1 aliphatic carbocycles. The first-order valence-electron chi connectivity index (χ1n) is 11.2. The Morgan fingerprint density at radius 2 is 1.38 bits per heavy atom. The third kappa shape index (κ3) is 5.40. The van der Waals surface area contributed by atoms with Crippen LogP contribution in [-0.2, 0) is 9.59 Å². The molecule has 2 fully saturated rings. The molecule has 0 spiro atoms. The van der Waals surface area contributed by atoms with Gasteiger partial charge in [0.05, 0.1) is 26.8 Å². The molecular weight excluding hydrogens is 406 g/mol. The molecular formula is C25H31N3O4. The summed E-state index contributed by atoms with van der Waals surface area (Å²) in [6.07, 6.45) is 2.05. The number of hydrogen-bond acceptors (Lipinski definition) is 5. The molecule has 4 rings (SSSR count). The summed E-state index contributed by atoms with van der Waals surface area (Å²) in [5.41, 5.74) is 1.95. The number of carbonyl (C=O) groups excluding carboxylic acids is 2. The van der Waals surface area contributed by atoms with Crippen LogP contribution >= 0.6 is 0 Å². The van der Waals surface area contributed by atoms with E-state index in [4.69, 9.17) is 9.47 Å². The zero-order valence-corrected chi connectivity index (χ0v) is 18.8. The first-order chi connectivity index (χ1) is 15.6. The number of ether oxygens (including phenoxy) is 2. The molecule has 0 radical (unpaired) electrons.